The number of rotatable bonds is 3. The number of hydrogen-bond acceptors (Lipinski definition) is 4. The third kappa shape index (κ3) is 2.64. The zero-order valence-corrected chi connectivity index (χ0v) is 12.7. The van der Waals surface area contributed by atoms with Crippen LogP contribution < -0.4 is 5.73 Å². The van der Waals surface area contributed by atoms with E-state index in [1.807, 2.05) is 13.0 Å². The van der Waals surface area contributed by atoms with Gasteiger partial charge in [0, 0.05) is 14.9 Å². The Labute approximate surface area is 119 Å². The molecule has 1 unspecified atom stereocenters. The number of hydrogen-bond donors (Lipinski definition) is 2. The predicted molar refractivity (Wildman–Crippen MR) is 78.7 cm³/mol. The van der Waals surface area contributed by atoms with Crippen LogP contribution in [0.25, 0.3) is 10.6 Å². The lowest BCUT2D eigenvalue weighted by Gasteiger charge is -2.04. The fraction of sp³-hybridized carbons (Fsp3) is 0.308. The zero-order chi connectivity index (χ0) is 13.3. The zero-order valence-electron chi connectivity index (χ0n) is 10.3. The van der Waals surface area contributed by atoms with Crippen molar-refractivity contribution in [3.8, 4) is 10.6 Å². The molecule has 3 nitrogen and oxygen atoms in total. The number of aromatic nitrogens is 1. The second-order valence-corrected chi connectivity index (χ2v) is 6.16. The van der Waals surface area contributed by atoms with E-state index in [4.69, 9.17) is 10.8 Å². The molecule has 3 N–H and O–H groups in total. The van der Waals surface area contributed by atoms with Gasteiger partial charge < -0.3 is 10.8 Å². The Morgan fingerprint density at radius 3 is 2.83 bits per heavy atom. The number of benzene rings is 1. The van der Waals surface area contributed by atoms with E-state index >= 15 is 0 Å². The molecule has 2 aromatic rings. The largest absolute Gasteiger partial charge is 0.394 e. The molecule has 0 bridgehead atoms. The van der Waals surface area contributed by atoms with Gasteiger partial charge in [0.2, 0.25) is 0 Å². The van der Waals surface area contributed by atoms with Gasteiger partial charge in [0.25, 0.3) is 0 Å². The summed E-state index contributed by atoms with van der Waals surface area (Å²) in [5.41, 5.74) is 9.05. The van der Waals surface area contributed by atoms with Crippen molar-refractivity contribution in [2.24, 2.45) is 5.73 Å². The molecule has 1 heterocycles. The van der Waals surface area contributed by atoms with Crippen molar-refractivity contribution in [3.05, 3.63) is 38.8 Å². The summed E-state index contributed by atoms with van der Waals surface area (Å²) < 4.78 is 1.03. The maximum atomic E-state index is 9.14. The van der Waals surface area contributed by atoms with Crippen LogP contribution in [-0.4, -0.2) is 16.7 Å². The maximum absolute atomic E-state index is 9.14. The van der Waals surface area contributed by atoms with Gasteiger partial charge in [-0.25, -0.2) is 4.98 Å². The molecule has 0 fully saturated rings. The Morgan fingerprint density at radius 2 is 2.17 bits per heavy atom. The number of aliphatic hydroxyl groups is 1. The van der Waals surface area contributed by atoms with Crippen LogP contribution in [-0.2, 0) is 0 Å². The van der Waals surface area contributed by atoms with Crippen molar-refractivity contribution in [1.82, 2.24) is 4.98 Å². The first kappa shape index (κ1) is 13.7. The summed E-state index contributed by atoms with van der Waals surface area (Å²) >= 11 is 5.02. The molecule has 1 aromatic carbocycles. The number of nitrogens with two attached hydrogens (primary N) is 1. The minimum atomic E-state index is -0.344. The highest BCUT2D eigenvalue weighted by atomic mass is 79.9. The molecule has 5 heteroatoms. The Hall–Kier alpha value is -0.750. The van der Waals surface area contributed by atoms with Crippen LogP contribution in [0.15, 0.2) is 22.7 Å². The summed E-state index contributed by atoms with van der Waals surface area (Å²) in [6.07, 6.45) is 0. The summed E-state index contributed by atoms with van der Waals surface area (Å²) in [6.45, 7) is 3.93. The van der Waals surface area contributed by atoms with Crippen molar-refractivity contribution in [2.45, 2.75) is 19.9 Å². The predicted octanol–water partition coefficient (Wildman–Crippen LogP) is 3.18. The summed E-state index contributed by atoms with van der Waals surface area (Å²) in [6, 6.07) is 5.78. The molecule has 0 saturated carbocycles. The number of thiazole rings is 1. The average Bonchev–Trinajstić information content (AvgIpc) is 2.73. The topological polar surface area (TPSA) is 59.1 Å². The Morgan fingerprint density at radius 1 is 1.44 bits per heavy atom. The van der Waals surface area contributed by atoms with Crippen LogP contribution in [0.3, 0.4) is 0 Å². The Bertz CT molecular complexity index is 568. The van der Waals surface area contributed by atoms with E-state index < -0.39 is 0 Å². The second kappa shape index (κ2) is 5.48. The van der Waals surface area contributed by atoms with Crippen LogP contribution in [0.1, 0.15) is 22.2 Å². The molecule has 0 aliphatic rings. The van der Waals surface area contributed by atoms with Crippen LogP contribution >= 0.6 is 27.3 Å². The summed E-state index contributed by atoms with van der Waals surface area (Å²) in [5.74, 6) is 0. The van der Waals surface area contributed by atoms with Gasteiger partial charge in [-0.2, -0.15) is 0 Å². The van der Waals surface area contributed by atoms with Gasteiger partial charge in [-0.05, 0) is 31.5 Å². The molecule has 1 atom stereocenters. The van der Waals surface area contributed by atoms with E-state index in [0.29, 0.717) is 0 Å². The molecule has 18 heavy (non-hydrogen) atoms. The van der Waals surface area contributed by atoms with Gasteiger partial charge in [-0.15, -0.1) is 11.3 Å². The minimum absolute atomic E-state index is 0.0556. The normalized spacial score (nSPS) is 12.7. The molecular formula is C13H15BrN2OS. The van der Waals surface area contributed by atoms with Crippen LogP contribution in [0.4, 0.5) is 0 Å². The molecule has 1 aromatic heterocycles. The smallest absolute Gasteiger partial charge is 0.124 e. The van der Waals surface area contributed by atoms with E-state index in [-0.39, 0.29) is 12.6 Å². The Balaban J connectivity index is 2.49. The first-order chi connectivity index (χ1) is 8.52. The lowest BCUT2D eigenvalue weighted by Crippen LogP contribution is -2.13. The van der Waals surface area contributed by atoms with E-state index in [9.17, 15) is 0 Å². The first-order valence-corrected chi connectivity index (χ1v) is 7.24. The Kier molecular flexibility index (Phi) is 4.17. The molecular weight excluding hydrogens is 312 g/mol. The fourth-order valence-corrected chi connectivity index (χ4v) is 3.28. The minimum Gasteiger partial charge on any atom is -0.394 e. The summed E-state index contributed by atoms with van der Waals surface area (Å²) in [7, 11) is 0. The molecule has 0 radical (unpaired) electrons. The van der Waals surface area contributed by atoms with Gasteiger partial charge in [-0.1, -0.05) is 22.0 Å². The van der Waals surface area contributed by atoms with Crippen LogP contribution in [0.5, 0.6) is 0 Å². The van der Waals surface area contributed by atoms with Gasteiger partial charge in [0.05, 0.1) is 18.3 Å². The molecule has 2 rings (SSSR count). The quantitative estimate of drug-likeness (QED) is 0.910. The van der Waals surface area contributed by atoms with E-state index in [2.05, 4.69) is 40.0 Å². The molecule has 0 aliphatic carbocycles. The maximum Gasteiger partial charge on any atom is 0.124 e. The average molecular weight is 327 g/mol. The van der Waals surface area contributed by atoms with Crippen molar-refractivity contribution >= 4 is 27.3 Å². The number of nitrogens with zero attached hydrogens (tertiary/aromatic N) is 1. The van der Waals surface area contributed by atoms with Gasteiger partial charge in [0.15, 0.2) is 0 Å². The molecule has 0 saturated heterocycles. The molecule has 0 aliphatic heterocycles. The third-order valence-electron chi connectivity index (χ3n) is 2.80. The SMILES string of the molecule is Cc1ccc(Br)cc1-c1nc(C)c(C(N)CO)s1. The van der Waals surface area contributed by atoms with Crippen molar-refractivity contribution < 1.29 is 5.11 Å². The molecule has 0 amide bonds. The summed E-state index contributed by atoms with van der Waals surface area (Å²) in [5, 5.41) is 10.1. The number of aliphatic hydroxyl groups excluding tert-OH is 1. The van der Waals surface area contributed by atoms with Crippen molar-refractivity contribution in [3.63, 3.8) is 0 Å². The van der Waals surface area contributed by atoms with Crippen molar-refractivity contribution in [2.75, 3.05) is 6.61 Å². The lowest BCUT2D eigenvalue weighted by atomic mass is 10.1. The highest BCUT2D eigenvalue weighted by Gasteiger charge is 2.16. The first-order valence-electron chi connectivity index (χ1n) is 5.63. The molecule has 96 valence electrons. The van der Waals surface area contributed by atoms with Crippen LogP contribution in [0.2, 0.25) is 0 Å². The van der Waals surface area contributed by atoms with Gasteiger partial charge >= 0.3 is 0 Å². The van der Waals surface area contributed by atoms with Gasteiger partial charge in [0.1, 0.15) is 5.01 Å². The van der Waals surface area contributed by atoms with Crippen molar-refractivity contribution in [1.29, 1.82) is 0 Å². The fourth-order valence-electron chi connectivity index (χ4n) is 1.77. The number of halogens is 1. The second-order valence-electron chi connectivity index (χ2n) is 4.22. The highest BCUT2D eigenvalue weighted by Crippen LogP contribution is 2.33. The lowest BCUT2D eigenvalue weighted by molar-refractivity contribution is 0.269. The highest BCUT2D eigenvalue weighted by molar-refractivity contribution is 9.10. The standard InChI is InChI=1S/C13H15BrN2OS/c1-7-3-4-9(14)5-10(7)13-16-8(2)12(18-13)11(15)6-17/h3-5,11,17H,6,15H2,1-2H3. The molecule has 0 spiro atoms. The van der Waals surface area contributed by atoms with Crippen LogP contribution in [0, 0.1) is 13.8 Å². The third-order valence-corrected chi connectivity index (χ3v) is 4.61. The van der Waals surface area contributed by atoms with E-state index in [1.54, 1.807) is 11.3 Å². The van der Waals surface area contributed by atoms with E-state index in [1.165, 1.54) is 5.56 Å². The number of aryl methyl sites for hydroxylation is 2. The van der Waals surface area contributed by atoms with E-state index in [0.717, 1.165) is 25.6 Å². The monoisotopic (exact) mass is 326 g/mol. The van der Waals surface area contributed by atoms with Gasteiger partial charge in [-0.3, -0.25) is 0 Å². The summed E-state index contributed by atoms with van der Waals surface area (Å²) in [4.78, 5) is 5.51.